The van der Waals surface area contributed by atoms with Crippen LogP contribution in [0.3, 0.4) is 0 Å². The van der Waals surface area contributed by atoms with Crippen LogP contribution >= 0.6 is 0 Å². The molecule has 0 saturated heterocycles. The lowest BCUT2D eigenvalue weighted by atomic mass is 10.0. The number of carbonyl (C=O) groups excluding carboxylic acids is 1. The summed E-state index contributed by atoms with van der Waals surface area (Å²) in [6.45, 7) is 0. The number of hydrogen-bond donors (Lipinski definition) is 3. The van der Waals surface area contributed by atoms with Gasteiger partial charge in [0.1, 0.15) is 5.75 Å². The lowest BCUT2D eigenvalue weighted by Crippen LogP contribution is -2.36. The van der Waals surface area contributed by atoms with Gasteiger partial charge in [0.15, 0.2) is 0 Å². The van der Waals surface area contributed by atoms with Crippen molar-refractivity contribution < 1.29 is 32.6 Å². The van der Waals surface area contributed by atoms with Crippen LogP contribution in [0.15, 0.2) is 24.3 Å². The number of amides is 1. The van der Waals surface area contributed by atoms with E-state index in [-0.39, 0.29) is 0 Å². The van der Waals surface area contributed by atoms with Crippen molar-refractivity contribution >= 4 is 11.9 Å². The minimum atomic E-state index is -5.08. The van der Waals surface area contributed by atoms with Gasteiger partial charge in [-0.15, -0.1) is 0 Å². The molecule has 0 saturated carbocycles. The number of carbonyl (C=O) groups is 2. The number of alkyl halides is 3. The summed E-state index contributed by atoms with van der Waals surface area (Å²) in [7, 11) is 1.64. The Labute approximate surface area is 131 Å². The summed E-state index contributed by atoms with van der Waals surface area (Å²) in [5.41, 5.74) is 11.8. The molecule has 6 nitrogen and oxygen atoms in total. The Morgan fingerprint density at radius 2 is 1.74 bits per heavy atom. The zero-order chi connectivity index (χ0) is 18.0. The number of carboxylic acids is 1. The minimum Gasteiger partial charge on any atom is -0.497 e. The molecule has 1 amide bonds. The first-order chi connectivity index (χ1) is 10.6. The molecular formula is C14H19F3N2O4. The number of hydrogen-bond acceptors (Lipinski definition) is 4. The largest absolute Gasteiger partial charge is 0.497 e. The van der Waals surface area contributed by atoms with Crippen molar-refractivity contribution in [2.45, 2.75) is 31.5 Å². The van der Waals surface area contributed by atoms with E-state index in [4.69, 9.17) is 26.1 Å². The van der Waals surface area contributed by atoms with E-state index < -0.39 is 24.1 Å². The predicted octanol–water partition coefficient (Wildman–Crippen LogP) is 1.46. The van der Waals surface area contributed by atoms with E-state index in [2.05, 4.69) is 0 Å². The van der Waals surface area contributed by atoms with E-state index >= 15 is 0 Å². The van der Waals surface area contributed by atoms with Crippen LogP contribution in [-0.4, -0.2) is 36.3 Å². The molecule has 23 heavy (non-hydrogen) atoms. The third-order valence-electron chi connectivity index (χ3n) is 2.75. The standard InChI is InChI=1S/C12H18N2O2.C2HF3O2/c1-16-10-7-5-9(6-8-10)3-2-4-11(13)12(14)15;3-2(4,5)1(6)7/h5-8,11H,2-4,13H2,1H3,(H2,14,15);(H,6,7). The van der Waals surface area contributed by atoms with Gasteiger partial charge >= 0.3 is 12.1 Å². The van der Waals surface area contributed by atoms with Crippen molar-refractivity contribution in [2.75, 3.05) is 7.11 Å². The number of carboxylic acid groups (broad SMARTS) is 1. The normalized spacial score (nSPS) is 11.9. The maximum atomic E-state index is 10.7. The highest BCUT2D eigenvalue weighted by atomic mass is 19.4. The number of primary amides is 1. The minimum absolute atomic E-state index is 0.435. The zero-order valence-electron chi connectivity index (χ0n) is 12.5. The number of benzene rings is 1. The molecule has 9 heteroatoms. The van der Waals surface area contributed by atoms with Crippen molar-refractivity contribution in [3.05, 3.63) is 29.8 Å². The Balaban J connectivity index is 0.000000585. The molecule has 0 aliphatic heterocycles. The predicted molar refractivity (Wildman–Crippen MR) is 76.8 cm³/mol. The van der Waals surface area contributed by atoms with Crippen LogP contribution in [0.5, 0.6) is 5.75 Å². The Morgan fingerprint density at radius 3 is 2.09 bits per heavy atom. The van der Waals surface area contributed by atoms with Gasteiger partial charge in [-0.3, -0.25) is 4.79 Å². The number of aliphatic carboxylic acids is 1. The summed E-state index contributed by atoms with van der Waals surface area (Å²) >= 11 is 0. The van der Waals surface area contributed by atoms with Gasteiger partial charge in [-0.25, -0.2) is 4.79 Å². The van der Waals surface area contributed by atoms with Crippen LogP contribution in [0.2, 0.25) is 0 Å². The number of aryl methyl sites for hydroxylation is 1. The molecule has 0 fully saturated rings. The number of halogens is 3. The van der Waals surface area contributed by atoms with E-state index in [0.717, 1.165) is 18.6 Å². The van der Waals surface area contributed by atoms with Gasteiger partial charge in [-0.1, -0.05) is 12.1 Å². The molecule has 0 aromatic heterocycles. The van der Waals surface area contributed by atoms with Crippen molar-refractivity contribution in [1.82, 2.24) is 0 Å². The first-order valence-corrected chi connectivity index (χ1v) is 6.56. The summed E-state index contributed by atoms with van der Waals surface area (Å²) in [4.78, 5) is 19.6. The smallest absolute Gasteiger partial charge is 0.490 e. The highest BCUT2D eigenvalue weighted by molar-refractivity contribution is 5.79. The molecule has 0 aliphatic rings. The van der Waals surface area contributed by atoms with E-state index in [9.17, 15) is 18.0 Å². The third-order valence-corrected chi connectivity index (χ3v) is 2.75. The topological polar surface area (TPSA) is 116 Å². The molecular weight excluding hydrogens is 317 g/mol. The molecule has 0 spiro atoms. The van der Waals surface area contributed by atoms with Crippen molar-refractivity contribution in [1.29, 1.82) is 0 Å². The Hall–Kier alpha value is -2.29. The van der Waals surface area contributed by atoms with Gasteiger partial charge in [0.2, 0.25) is 5.91 Å². The van der Waals surface area contributed by atoms with Gasteiger partial charge in [-0.05, 0) is 37.0 Å². The molecule has 0 radical (unpaired) electrons. The first kappa shape index (κ1) is 20.7. The first-order valence-electron chi connectivity index (χ1n) is 6.56. The number of ether oxygens (including phenoxy) is 1. The summed E-state index contributed by atoms with van der Waals surface area (Å²) in [6.07, 6.45) is -2.71. The summed E-state index contributed by atoms with van der Waals surface area (Å²) in [5, 5.41) is 7.12. The molecule has 1 aromatic carbocycles. The molecule has 0 aliphatic carbocycles. The lowest BCUT2D eigenvalue weighted by Gasteiger charge is -2.07. The number of rotatable bonds is 6. The monoisotopic (exact) mass is 336 g/mol. The van der Waals surface area contributed by atoms with E-state index in [1.807, 2.05) is 24.3 Å². The van der Waals surface area contributed by atoms with Gasteiger partial charge in [-0.2, -0.15) is 13.2 Å². The average molecular weight is 336 g/mol. The molecule has 130 valence electrons. The zero-order valence-corrected chi connectivity index (χ0v) is 12.5. The highest BCUT2D eigenvalue weighted by Crippen LogP contribution is 2.14. The van der Waals surface area contributed by atoms with Crippen molar-refractivity contribution in [3.8, 4) is 5.75 Å². The fourth-order valence-electron chi connectivity index (χ4n) is 1.46. The SMILES string of the molecule is COc1ccc(CCCC(N)C(N)=O)cc1.O=C(O)C(F)(F)F. The quantitative estimate of drug-likeness (QED) is 0.727. The lowest BCUT2D eigenvalue weighted by molar-refractivity contribution is -0.192. The van der Waals surface area contributed by atoms with Crippen LogP contribution in [0.1, 0.15) is 18.4 Å². The van der Waals surface area contributed by atoms with Crippen molar-refractivity contribution in [2.24, 2.45) is 11.5 Å². The average Bonchev–Trinajstić information content (AvgIpc) is 2.47. The van der Waals surface area contributed by atoms with Crippen molar-refractivity contribution in [3.63, 3.8) is 0 Å². The molecule has 1 atom stereocenters. The van der Waals surface area contributed by atoms with Gasteiger partial charge < -0.3 is 21.3 Å². The van der Waals surface area contributed by atoms with E-state index in [1.165, 1.54) is 5.56 Å². The van der Waals surface area contributed by atoms with Gasteiger partial charge in [0.05, 0.1) is 13.2 Å². The molecule has 1 aromatic rings. The second-order valence-corrected chi connectivity index (χ2v) is 4.55. The molecule has 1 unspecified atom stereocenters. The Morgan fingerprint density at radius 1 is 1.26 bits per heavy atom. The van der Waals surface area contributed by atoms with Gasteiger partial charge in [0.25, 0.3) is 0 Å². The highest BCUT2D eigenvalue weighted by Gasteiger charge is 2.38. The maximum Gasteiger partial charge on any atom is 0.490 e. The van der Waals surface area contributed by atoms with Gasteiger partial charge in [0, 0.05) is 0 Å². The number of methoxy groups -OCH3 is 1. The molecule has 1 rings (SSSR count). The summed E-state index contributed by atoms with van der Waals surface area (Å²) in [5.74, 6) is -2.35. The summed E-state index contributed by atoms with van der Waals surface area (Å²) in [6, 6.07) is 7.33. The van der Waals surface area contributed by atoms with Crippen LogP contribution < -0.4 is 16.2 Å². The van der Waals surface area contributed by atoms with Crippen LogP contribution in [-0.2, 0) is 16.0 Å². The second-order valence-electron chi connectivity index (χ2n) is 4.55. The molecule has 5 N–H and O–H groups in total. The fraction of sp³-hybridized carbons (Fsp3) is 0.429. The summed E-state index contributed by atoms with van der Waals surface area (Å²) < 4.78 is 36.8. The fourth-order valence-corrected chi connectivity index (χ4v) is 1.46. The molecule has 0 heterocycles. The van der Waals surface area contributed by atoms with Crippen LogP contribution in [0.25, 0.3) is 0 Å². The second kappa shape index (κ2) is 9.67. The maximum absolute atomic E-state index is 10.7. The molecule has 0 bridgehead atoms. The van der Waals surface area contributed by atoms with Crippen LogP contribution in [0.4, 0.5) is 13.2 Å². The Bertz CT molecular complexity index is 504. The van der Waals surface area contributed by atoms with E-state index in [1.54, 1.807) is 7.11 Å². The van der Waals surface area contributed by atoms with Crippen LogP contribution in [0, 0.1) is 0 Å². The third kappa shape index (κ3) is 9.35. The van der Waals surface area contributed by atoms with E-state index in [0.29, 0.717) is 6.42 Å². The number of nitrogens with two attached hydrogens (primary N) is 2. The Kier molecular flexibility index (Phi) is 8.71.